The molecule has 7 nitrogen and oxygen atoms in total. The Bertz CT molecular complexity index is 1280. The third kappa shape index (κ3) is 4.57. The Labute approximate surface area is 187 Å². The number of carbonyl (C=O) groups excluding carboxylic acids is 1. The van der Waals surface area contributed by atoms with Gasteiger partial charge in [0.05, 0.1) is 24.9 Å². The van der Waals surface area contributed by atoms with E-state index in [0.717, 1.165) is 28.0 Å². The summed E-state index contributed by atoms with van der Waals surface area (Å²) in [5.74, 6) is 0.873. The molecule has 31 heavy (non-hydrogen) atoms. The molecule has 160 valence electrons. The summed E-state index contributed by atoms with van der Waals surface area (Å²) >= 11 is 2.62. The molecule has 0 aliphatic heterocycles. The van der Waals surface area contributed by atoms with Gasteiger partial charge in [-0.25, -0.2) is 9.97 Å². The van der Waals surface area contributed by atoms with Gasteiger partial charge in [-0.2, -0.15) is 0 Å². The molecule has 0 unspecified atom stereocenters. The lowest BCUT2D eigenvalue weighted by atomic mass is 10.2. The van der Waals surface area contributed by atoms with E-state index < -0.39 is 0 Å². The van der Waals surface area contributed by atoms with E-state index in [0.29, 0.717) is 28.5 Å². The number of carbonyl (C=O) groups is 1. The van der Waals surface area contributed by atoms with Crippen LogP contribution in [-0.2, 0) is 11.3 Å². The van der Waals surface area contributed by atoms with Crippen LogP contribution in [0.1, 0.15) is 18.9 Å². The highest BCUT2D eigenvalue weighted by Crippen LogP contribution is 2.30. The van der Waals surface area contributed by atoms with Gasteiger partial charge in [0, 0.05) is 18.1 Å². The number of ether oxygens (including phenoxy) is 1. The highest BCUT2D eigenvalue weighted by molar-refractivity contribution is 7.99. The number of nitrogens with one attached hydrogen (secondary N) is 1. The van der Waals surface area contributed by atoms with Crippen LogP contribution in [0.25, 0.3) is 20.4 Å². The normalized spacial score (nSPS) is 11.2. The van der Waals surface area contributed by atoms with E-state index >= 15 is 0 Å². The lowest BCUT2D eigenvalue weighted by Crippen LogP contribution is -2.27. The smallest absolute Gasteiger partial charge is 0.272 e. The molecule has 0 saturated carbocycles. The highest BCUT2D eigenvalue weighted by atomic mass is 32.2. The maximum atomic E-state index is 13.4. The van der Waals surface area contributed by atoms with Crippen LogP contribution in [0.15, 0.2) is 52.5 Å². The van der Waals surface area contributed by atoms with Crippen LogP contribution in [0.3, 0.4) is 0 Å². The van der Waals surface area contributed by atoms with Crippen LogP contribution in [0, 0.1) is 0 Å². The van der Waals surface area contributed by atoms with Gasteiger partial charge in [-0.3, -0.25) is 14.2 Å². The van der Waals surface area contributed by atoms with E-state index in [9.17, 15) is 9.59 Å². The van der Waals surface area contributed by atoms with Crippen LogP contribution >= 0.6 is 23.1 Å². The summed E-state index contributed by atoms with van der Waals surface area (Å²) < 4.78 is 7.43. The zero-order valence-corrected chi connectivity index (χ0v) is 18.9. The molecular weight excluding hydrogens is 432 g/mol. The van der Waals surface area contributed by atoms with E-state index in [1.807, 2.05) is 43.3 Å². The molecule has 0 fully saturated rings. The number of hydrogen-bond acceptors (Lipinski definition) is 7. The van der Waals surface area contributed by atoms with E-state index in [1.54, 1.807) is 17.9 Å². The van der Waals surface area contributed by atoms with Gasteiger partial charge in [-0.15, -0.1) is 11.3 Å². The van der Waals surface area contributed by atoms with E-state index in [-0.39, 0.29) is 17.2 Å². The molecular formula is C22H22N4O3S2. The molecule has 0 aliphatic rings. The number of pyridine rings is 1. The maximum absolute atomic E-state index is 13.4. The van der Waals surface area contributed by atoms with Gasteiger partial charge in [-0.1, -0.05) is 30.8 Å². The summed E-state index contributed by atoms with van der Waals surface area (Å²) in [6.45, 7) is 2.99. The van der Waals surface area contributed by atoms with Crippen LogP contribution in [0.5, 0.6) is 5.75 Å². The standard InChI is InChI=1S/C22H22N4O3S2/c1-3-10-23-17(27)13-30-22-25-18-16-5-4-11-24-20(16)31-19(18)21(28)26(22)12-14-6-8-15(29-2)9-7-14/h4-9,11H,3,10,12-13H2,1-2H3,(H,23,27). The fraction of sp³-hybridized carbons (Fsp3) is 0.273. The van der Waals surface area contributed by atoms with Gasteiger partial charge in [0.2, 0.25) is 5.91 Å². The van der Waals surface area contributed by atoms with E-state index in [2.05, 4.69) is 10.3 Å². The minimum Gasteiger partial charge on any atom is -0.497 e. The first-order chi connectivity index (χ1) is 15.1. The molecule has 9 heteroatoms. The molecule has 1 aromatic carbocycles. The Morgan fingerprint density at radius 2 is 2.06 bits per heavy atom. The Morgan fingerprint density at radius 1 is 1.26 bits per heavy atom. The summed E-state index contributed by atoms with van der Waals surface area (Å²) in [4.78, 5) is 35.5. The van der Waals surface area contributed by atoms with Gasteiger partial charge < -0.3 is 10.1 Å². The summed E-state index contributed by atoms with van der Waals surface area (Å²) in [6, 6.07) is 11.3. The summed E-state index contributed by atoms with van der Waals surface area (Å²) in [6.07, 6.45) is 2.58. The van der Waals surface area contributed by atoms with Gasteiger partial charge in [0.1, 0.15) is 15.3 Å². The lowest BCUT2D eigenvalue weighted by molar-refractivity contribution is -0.118. The number of methoxy groups -OCH3 is 1. The average molecular weight is 455 g/mol. The molecule has 0 radical (unpaired) electrons. The first kappa shape index (κ1) is 21.3. The number of rotatable bonds is 8. The summed E-state index contributed by atoms with van der Waals surface area (Å²) in [7, 11) is 1.62. The van der Waals surface area contributed by atoms with Crippen molar-refractivity contribution in [2.45, 2.75) is 25.0 Å². The SMILES string of the molecule is CCCNC(=O)CSc1nc2c(sc3ncccc32)c(=O)n1Cc1ccc(OC)cc1. The number of thioether (sulfide) groups is 1. The summed E-state index contributed by atoms with van der Waals surface area (Å²) in [5, 5.41) is 4.24. The van der Waals surface area contributed by atoms with Crippen molar-refractivity contribution < 1.29 is 9.53 Å². The predicted octanol–water partition coefficient (Wildman–Crippen LogP) is 3.68. The molecule has 3 heterocycles. The molecule has 4 aromatic rings. The Kier molecular flexibility index (Phi) is 6.53. The topological polar surface area (TPSA) is 86.1 Å². The Hall–Kier alpha value is -2.91. The number of benzene rings is 1. The van der Waals surface area contributed by atoms with Crippen LogP contribution in [0.4, 0.5) is 0 Å². The zero-order valence-electron chi connectivity index (χ0n) is 17.3. The molecule has 0 aliphatic carbocycles. The highest BCUT2D eigenvalue weighted by Gasteiger charge is 2.18. The molecule has 3 aromatic heterocycles. The van der Waals surface area contributed by atoms with Gasteiger partial charge in [0.25, 0.3) is 5.56 Å². The monoisotopic (exact) mass is 454 g/mol. The second kappa shape index (κ2) is 9.49. The van der Waals surface area contributed by atoms with Crippen molar-refractivity contribution in [2.75, 3.05) is 19.4 Å². The second-order valence-corrected chi connectivity index (χ2v) is 8.85. The minimum atomic E-state index is -0.125. The van der Waals surface area contributed by atoms with Crippen molar-refractivity contribution in [3.63, 3.8) is 0 Å². The third-order valence-electron chi connectivity index (χ3n) is 4.72. The van der Waals surface area contributed by atoms with Crippen molar-refractivity contribution in [1.82, 2.24) is 19.9 Å². The van der Waals surface area contributed by atoms with E-state index in [1.165, 1.54) is 23.1 Å². The third-order valence-corrected chi connectivity index (χ3v) is 6.79. The number of nitrogens with zero attached hydrogens (tertiary/aromatic N) is 3. The van der Waals surface area contributed by atoms with Crippen LogP contribution < -0.4 is 15.6 Å². The van der Waals surface area contributed by atoms with Gasteiger partial charge in [0.15, 0.2) is 5.16 Å². The molecule has 0 spiro atoms. The summed E-state index contributed by atoms with van der Waals surface area (Å²) in [5.41, 5.74) is 1.46. The maximum Gasteiger partial charge on any atom is 0.272 e. The largest absolute Gasteiger partial charge is 0.497 e. The predicted molar refractivity (Wildman–Crippen MR) is 125 cm³/mol. The number of aromatic nitrogens is 3. The van der Waals surface area contributed by atoms with Crippen molar-refractivity contribution in [2.24, 2.45) is 0 Å². The van der Waals surface area contributed by atoms with Crippen molar-refractivity contribution in [1.29, 1.82) is 0 Å². The Morgan fingerprint density at radius 3 is 2.81 bits per heavy atom. The average Bonchev–Trinajstić information content (AvgIpc) is 3.17. The fourth-order valence-corrected chi connectivity index (χ4v) is 5.00. The molecule has 4 rings (SSSR count). The number of fused-ring (bicyclic) bond motifs is 3. The quantitative estimate of drug-likeness (QED) is 0.323. The first-order valence-corrected chi connectivity index (χ1v) is 11.7. The van der Waals surface area contributed by atoms with Gasteiger partial charge in [-0.05, 0) is 36.2 Å². The van der Waals surface area contributed by atoms with Gasteiger partial charge >= 0.3 is 0 Å². The lowest BCUT2D eigenvalue weighted by Gasteiger charge is -2.12. The van der Waals surface area contributed by atoms with Crippen molar-refractivity contribution in [3.8, 4) is 5.75 Å². The van der Waals surface area contributed by atoms with Crippen molar-refractivity contribution >= 4 is 49.4 Å². The number of thiophene rings is 1. The Balaban J connectivity index is 1.76. The minimum absolute atomic E-state index is 0.0750. The van der Waals surface area contributed by atoms with Crippen LogP contribution in [0.2, 0.25) is 0 Å². The molecule has 0 atom stereocenters. The number of amides is 1. The zero-order chi connectivity index (χ0) is 21.8. The second-order valence-electron chi connectivity index (χ2n) is 6.91. The molecule has 0 saturated heterocycles. The molecule has 0 bridgehead atoms. The molecule has 1 amide bonds. The molecule has 1 N–H and O–H groups in total. The first-order valence-electron chi connectivity index (χ1n) is 9.91. The van der Waals surface area contributed by atoms with Crippen LogP contribution in [-0.4, -0.2) is 39.8 Å². The van der Waals surface area contributed by atoms with Crippen molar-refractivity contribution in [3.05, 3.63) is 58.5 Å². The fourth-order valence-electron chi connectivity index (χ4n) is 3.15. The number of hydrogen-bond donors (Lipinski definition) is 1. The van der Waals surface area contributed by atoms with E-state index in [4.69, 9.17) is 9.72 Å².